The summed E-state index contributed by atoms with van der Waals surface area (Å²) in [5, 5.41) is 12.2. The Bertz CT molecular complexity index is 489. The van der Waals surface area contributed by atoms with Crippen LogP contribution in [0.4, 0.5) is 5.69 Å². The average molecular weight is 301 g/mol. The first-order valence-corrected chi connectivity index (χ1v) is 9.18. The largest absolute Gasteiger partial charge is 0.278 e. The predicted molar refractivity (Wildman–Crippen MR) is 91.1 cm³/mol. The molecule has 2 unspecified atom stereocenters. The van der Waals surface area contributed by atoms with E-state index in [1.165, 1.54) is 43.8 Å². The molecule has 0 amide bonds. The van der Waals surface area contributed by atoms with Crippen LogP contribution in [0.15, 0.2) is 46.8 Å². The lowest BCUT2D eigenvalue weighted by Crippen LogP contribution is -2.23. The van der Waals surface area contributed by atoms with E-state index in [0.717, 1.165) is 33.0 Å². The Morgan fingerprint density at radius 1 is 1.00 bits per heavy atom. The van der Waals surface area contributed by atoms with Crippen LogP contribution < -0.4 is 5.30 Å². The van der Waals surface area contributed by atoms with Crippen molar-refractivity contribution in [2.45, 2.75) is 44.2 Å². The molecule has 4 heteroatoms. The molecule has 1 saturated heterocycles. The standard InChI is InChI=1S/C17H24N3P/c1-3-7-16(8-4-1)21-17-11-9-15(10-12-17)18-19-20-13-5-2-6-14-20/h3,7,9-12,16,21H,1-2,4-6,8,13-14H2. The molecule has 1 aliphatic heterocycles. The second kappa shape index (κ2) is 7.70. The molecule has 0 spiro atoms. The minimum absolute atomic E-state index is 0.750. The zero-order valence-electron chi connectivity index (χ0n) is 12.5. The monoisotopic (exact) mass is 301 g/mol. The SMILES string of the molecule is C1=CC(Pc2ccc(N=NN3CCCCC3)cc2)CCC1. The number of rotatable bonds is 4. The van der Waals surface area contributed by atoms with Gasteiger partial charge in [0.2, 0.25) is 0 Å². The van der Waals surface area contributed by atoms with E-state index in [4.69, 9.17) is 0 Å². The number of hydrogen-bond donors (Lipinski definition) is 0. The molecule has 0 N–H and O–H groups in total. The van der Waals surface area contributed by atoms with E-state index in [0.29, 0.717) is 0 Å². The maximum atomic E-state index is 4.36. The molecule has 1 heterocycles. The molecule has 0 saturated carbocycles. The maximum Gasteiger partial charge on any atom is 0.0874 e. The number of benzene rings is 1. The molecule has 0 bridgehead atoms. The fraction of sp³-hybridized carbons (Fsp3) is 0.529. The molecule has 1 aromatic carbocycles. The van der Waals surface area contributed by atoms with Gasteiger partial charge in [0.1, 0.15) is 0 Å². The second-order valence-corrected chi connectivity index (χ2v) is 7.47. The van der Waals surface area contributed by atoms with Crippen LogP contribution in [-0.4, -0.2) is 23.8 Å². The topological polar surface area (TPSA) is 28.0 Å². The Morgan fingerprint density at radius 3 is 2.52 bits per heavy atom. The van der Waals surface area contributed by atoms with E-state index >= 15 is 0 Å². The third-order valence-corrected chi connectivity index (χ3v) is 5.61. The van der Waals surface area contributed by atoms with Crippen LogP contribution in [-0.2, 0) is 0 Å². The van der Waals surface area contributed by atoms with E-state index in [-0.39, 0.29) is 0 Å². The molecule has 1 fully saturated rings. The van der Waals surface area contributed by atoms with Gasteiger partial charge in [0.25, 0.3) is 0 Å². The first-order chi connectivity index (χ1) is 10.4. The normalized spacial score (nSPS) is 23.4. The predicted octanol–water partition coefficient (Wildman–Crippen LogP) is 4.58. The van der Waals surface area contributed by atoms with E-state index in [1.807, 2.05) is 0 Å². The molecule has 112 valence electrons. The molecule has 3 rings (SSSR count). The Kier molecular flexibility index (Phi) is 5.40. The van der Waals surface area contributed by atoms with Gasteiger partial charge in [-0.3, -0.25) is 5.01 Å². The Labute approximate surface area is 129 Å². The van der Waals surface area contributed by atoms with Gasteiger partial charge < -0.3 is 0 Å². The minimum atomic E-state index is 0.750. The number of allylic oxidation sites excluding steroid dienone is 2. The van der Waals surface area contributed by atoms with Gasteiger partial charge in [0.05, 0.1) is 5.69 Å². The van der Waals surface area contributed by atoms with Crippen molar-refractivity contribution in [1.29, 1.82) is 0 Å². The van der Waals surface area contributed by atoms with Crippen molar-refractivity contribution in [3.63, 3.8) is 0 Å². The summed E-state index contributed by atoms with van der Waals surface area (Å²) >= 11 is 0. The Hall–Kier alpha value is -1.21. The first-order valence-electron chi connectivity index (χ1n) is 8.10. The molecule has 21 heavy (non-hydrogen) atoms. The van der Waals surface area contributed by atoms with Gasteiger partial charge in [-0.15, -0.1) is 5.11 Å². The lowest BCUT2D eigenvalue weighted by atomic mass is 10.1. The van der Waals surface area contributed by atoms with Crippen LogP contribution in [0.1, 0.15) is 38.5 Å². The van der Waals surface area contributed by atoms with E-state index in [9.17, 15) is 0 Å². The second-order valence-electron chi connectivity index (χ2n) is 5.86. The van der Waals surface area contributed by atoms with Gasteiger partial charge >= 0.3 is 0 Å². The van der Waals surface area contributed by atoms with Crippen molar-refractivity contribution in [3.05, 3.63) is 36.4 Å². The summed E-state index contributed by atoms with van der Waals surface area (Å²) in [6, 6.07) is 8.63. The molecular weight excluding hydrogens is 277 g/mol. The maximum absolute atomic E-state index is 4.36. The molecule has 2 aliphatic rings. The molecule has 2 atom stereocenters. The quantitative estimate of drug-likeness (QED) is 0.454. The highest BCUT2D eigenvalue weighted by molar-refractivity contribution is 7.48. The molecular formula is C17H24N3P. The molecule has 1 aromatic rings. The third kappa shape index (κ3) is 4.64. The van der Waals surface area contributed by atoms with Gasteiger partial charge in [0.15, 0.2) is 0 Å². The highest BCUT2D eigenvalue weighted by Gasteiger charge is 2.09. The van der Waals surface area contributed by atoms with Crippen LogP contribution in [0, 0.1) is 0 Å². The van der Waals surface area contributed by atoms with Crippen molar-refractivity contribution in [1.82, 2.24) is 5.01 Å². The summed E-state index contributed by atoms with van der Waals surface area (Å²) in [7, 11) is 0.887. The summed E-state index contributed by atoms with van der Waals surface area (Å²) in [5.74, 6) is 0. The van der Waals surface area contributed by atoms with Crippen LogP contribution in [0.25, 0.3) is 0 Å². The summed E-state index contributed by atoms with van der Waals surface area (Å²) in [5.41, 5.74) is 1.72. The van der Waals surface area contributed by atoms with Crippen LogP contribution in [0.2, 0.25) is 0 Å². The van der Waals surface area contributed by atoms with Gasteiger partial charge in [-0.05, 0) is 61.6 Å². The van der Waals surface area contributed by atoms with Crippen molar-refractivity contribution >= 4 is 19.6 Å². The van der Waals surface area contributed by atoms with E-state index in [1.54, 1.807) is 0 Å². The lowest BCUT2D eigenvalue weighted by Gasteiger charge is -2.21. The smallest absolute Gasteiger partial charge is 0.0874 e. The molecule has 0 aromatic heterocycles. The average Bonchev–Trinajstić information content (AvgIpc) is 2.56. The third-order valence-electron chi connectivity index (χ3n) is 4.09. The zero-order chi connectivity index (χ0) is 14.3. The van der Waals surface area contributed by atoms with Crippen LogP contribution in [0.5, 0.6) is 0 Å². The van der Waals surface area contributed by atoms with Crippen LogP contribution >= 0.6 is 8.58 Å². The van der Waals surface area contributed by atoms with Crippen molar-refractivity contribution in [3.8, 4) is 0 Å². The molecule has 1 aliphatic carbocycles. The lowest BCUT2D eigenvalue weighted by molar-refractivity contribution is 0.224. The zero-order valence-corrected chi connectivity index (χ0v) is 13.5. The van der Waals surface area contributed by atoms with Crippen molar-refractivity contribution in [2.75, 3.05) is 13.1 Å². The number of piperidine rings is 1. The highest BCUT2D eigenvalue weighted by atomic mass is 31.1. The Balaban J connectivity index is 1.54. The van der Waals surface area contributed by atoms with Gasteiger partial charge in [0, 0.05) is 13.1 Å². The summed E-state index contributed by atoms with van der Waals surface area (Å²) in [4.78, 5) is 0. The fourth-order valence-electron chi connectivity index (χ4n) is 2.85. The summed E-state index contributed by atoms with van der Waals surface area (Å²) in [6.07, 6.45) is 12.5. The van der Waals surface area contributed by atoms with Crippen LogP contribution in [0.3, 0.4) is 0 Å². The molecule has 3 nitrogen and oxygen atoms in total. The summed E-state index contributed by atoms with van der Waals surface area (Å²) < 4.78 is 0. The summed E-state index contributed by atoms with van der Waals surface area (Å²) in [6.45, 7) is 2.11. The number of nitrogens with zero attached hydrogens (tertiary/aromatic N) is 3. The highest BCUT2D eigenvalue weighted by Crippen LogP contribution is 2.28. The van der Waals surface area contributed by atoms with Gasteiger partial charge in [-0.2, -0.15) is 0 Å². The Morgan fingerprint density at radius 2 is 1.81 bits per heavy atom. The first kappa shape index (κ1) is 14.7. The number of hydrogen-bond acceptors (Lipinski definition) is 2. The van der Waals surface area contributed by atoms with E-state index in [2.05, 4.69) is 51.8 Å². The van der Waals surface area contributed by atoms with Crippen molar-refractivity contribution < 1.29 is 0 Å². The van der Waals surface area contributed by atoms with Gasteiger partial charge in [-0.1, -0.05) is 38.1 Å². The molecule has 0 radical (unpaired) electrons. The van der Waals surface area contributed by atoms with Gasteiger partial charge in [-0.25, -0.2) is 0 Å². The minimum Gasteiger partial charge on any atom is -0.278 e. The van der Waals surface area contributed by atoms with Crippen molar-refractivity contribution in [2.24, 2.45) is 10.3 Å². The van der Waals surface area contributed by atoms with E-state index < -0.39 is 0 Å². The fourth-order valence-corrected chi connectivity index (χ4v) is 4.22.